The zero-order valence-corrected chi connectivity index (χ0v) is 16.0. The summed E-state index contributed by atoms with van der Waals surface area (Å²) in [5.41, 5.74) is 0.710. The Bertz CT molecular complexity index is 989. The zero-order valence-electron chi connectivity index (χ0n) is 14.4. The highest BCUT2D eigenvalue weighted by atomic mass is 35.5. The number of nitrogens with zero attached hydrogens (tertiary/aromatic N) is 1. The van der Waals surface area contributed by atoms with Gasteiger partial charge in [-0.05, 0) is 49.4 Å². The highest BCUT2D eigenvalue weighted by Crippen LogP contribution is 2.33. The number of ether oxygens (including phenoxy) is 1. The van der Waals surface area contributed by atoms with Crippen molar-refractivity contribution < 1.29 is 22.7 Å². The minimum atomic E-state index is -3.77. The van der Waals surface area contributed by atoms with Gasteiger partial charge >= 0.3 is 0 Å². The highest BCUT2D eigenvalue weighted by Gasteiger charge is 2.37. The van der Waals surface area contributed by atoms with Gasteiger partial charge in [0.15, 0.2) is 0 Å². The molecule has 2 aromatic rings. The first kappa shape index (κ1) is 19.2. The molecule has 0 radical (unpaired) electrons. The minimum absolute atomic E-state index is 0.0153. The van der Waals surface area contributed by atoms with Crippen LogP contribution in [0.25, 0.3) is 0 Å². The number of carbonyl (C=O) groups excluding carboxylic acids is 2. The average molecular weight is 409 g/mol. The highest BCUT2D eigenvalue weighted by molar-refractivity contribution is 7.94. The van der Waals surface area contributed by atoms with Gasteiger partial charge in [-0.2, -0.15) is 0 Å². The Hall–Kier alpha value is -2.58. The van der Waals surface area contributed by atoms with Crippen LogP contribution in [0.3, 0.4) is 0 Å². The minimum Gasteiger partial charge on any atom is -0.494 e. The Labute approximate surface area is 161 Å². The fourth-order valence-corrected chi connectivity index (χ4v) is 4.38. The smallest absolute Gasteiger partial charge is 0.255 e. The summed E-state index contributed by atoms with van der Waals surface area (Å²) < 4.78 is 30.2. The summed E-state index contributed by atoms with van der Waals surface area (Å²) in [6, 6.07) is 11.0. The molecule has 1 fully saturated rings. The van der Waals surface area contributed by atoms with E-state index in [9.17, 15) is 18.0 Å². The van der Waals surface area contributed by atoms with Gasteiger partial charge < -0.3 is 10.1 Å². The fraction of sp³-hybridized carbons (Fsp3) is 0.222. The number of amides is 2. The molecule has 7 nitrogen and oxygen atoms in total. The third kappa shape index (κ3) is 4.06. The number of hydrogen-bond donors (Lipinski definition) is 1. The first-order valence-corrected chi connectivity index (χ1v) is 10.2. The number of rotatable bonds is 5. The van der Waals surface area contributed by atoms with E-state index in [-0.39, 0.29) is 28.4 Å². The molecule has 2 amide bonds. The molecule has 1 N–H and O–H groups in total. The first-order chi connectivity index (χ1) is 12.8. The molecule has 0 atom stereocenters. The van der Waals surface area contributed by atoms with Crippen LogP contribution in [0.5, 0.6) is 5.75 Å². The Morgan fingerprint density at radius 2 is 1.93 bits per heavy atom. The largest absolute Gasteiger partial charge is 0.494 e. The Kier molecular flexibility index (Phi) is 5.38. The van der Waals surface area contributed by atoms with Crippen molar-refractivity contribution in [2.75, 3.05) is 22.0 Å². The normalized spacial score (nSPS) is 15.6. The Morgan fingerprint density at radius 3 is 2.52 bits per heavy atom. The summed E-state index contributed by atoms with van der Waals surface area (Å²) in [5.74, 6) is -0.616. The number of carbonyl (C=O) groups is 2. The summed E-state index contributed by atoms with van der Waals surface area (Å²) in [4.78, 5) is 24.5. The topological polar surface area (TPSA) is 92.8 Å². The third-order valence-corrected chi connectivity index (χ3v) is 5.93. The Balaban J connectivity index is 1.85. The van der Waals surface area contributed by atoms with E-state index < -0.39 is 21.8 Å². The molecular formula is C18H17ClN2O5S. The molecule has 0 spiro atoms. The van der Waals surface area contributed by atoms with Gasteiger partial charge in [0.2, 0.25) is 15.9 Å². The van der Waals surface area contributed by atoms with Crippen LogP contribution in [0.1, 0.15) is 23.7 Å². The molecule has 1 heterocycles. The second-order valence-electron chi connectivity index (χ2n) is 5.80. The molecule has 2 aromatic carbocycles. The molecule has 0 bridgehead atoms. The van der Waals surface area contributed by atoms with Crippen molar-refractivity contribution in [1.82, 2.24) is 0 Å². The molecule has 1 aliphatic rings. The van der Waals surface area contributed by atoms with Crippen molar-refractivity contribution in [1.29, 1.82) is 0 Å². The van der Waals surface area contributed by atoms with Gasteiger partial charge in [0.05, 0.1) is 23.1 Å². The fourth-order valence-electron chi connectivity index (χ4n) is 2.66. The van der Waals surface area contributed by atoms with Crippen molar-refractivity contribution in [2.24, 2.45) is 0 Å². The quantitative estimate of drug-likeness (QED) is 0.820. The zero-order chi connectivity index (χ0) is 19.6. The summed E-state index contributed by atoms with van der Waals surface area (Å²) in [6.07, 6.45) is -0.110. The van der Waals surface area contributed by atoms with Gasteiger partial charge in [-0.15, -0.1) is 0 Å². The molecule has 27 heavy (non-hydrogen) atoms. The van der Waals surface area contributed by atoms with Crippen LogP contribution in [0, 0.1) is 0 Å². The number of nitrogens with one attached hydrogen (secondary N) is 1. The van der Waals surface area contributed by atoms with E-state index in [4.69, 9.17) is 16.3 Å². The van der Waals surface area contributed by atoms with Crippen molar-refractivity contribution in [3.05, 3.63) is 53.1 Å². The van der Waals surface area contributed by atoms with E-state index in [1.807, 2.05) is 6.92 Å². The average Bonchev–Trinajstić information content (AvgIpc) is 2.90. The molecule has 9 heteroatoms. The monoisotopic (exact) mass is 408 g/mol. The molecule has 0 aromatic heterocycles. The van der Waals surface area contributed by atoms with E-state index in [0.29, 0.717) is 22.3 Å². The van der Waals surface area contributed by atoms with Crippen LogP contribution in [-0.4, -0.2) is 32.6 Å². The molecule has 3 rings (SSSR count). The maximum atomic E-state index is 12.5. The van der Waals surface area contributed by atoms with Gasteiger partial charge in [-0.1, -0.05) is 11.6 Å². The number of hydrogen-bond acceptors (Lipinski definition) is 5. The molecule has 0 saturated carbocycles. The van der Waals surface area contributed by atoms with Gasteiger partial charge in [-0.25, -0.2) is 12.7 Å². The molecule has 0 aliphatic carbocycles. The lowest BCUT2D eigenvalue weighted by Crippen LogP contribution is -2.29. The van der Waals surface area contributed by atoms with Gasteiger partial charge in [0, 0.05) is 17.7 Å². The second-order valence-corrected chi connectivity index (χ2v) is 8.15. The summed E-state index contributed by atoms with van der Waals surface area (Å²) in [6.45, 7) is 2.41. The predicted molar refractivity (Wildman–Crippen MR) is 103 cm³/mol. The lowest BCUT2D eigenvalue weighted by molar-refractivity contribution is -0.116. The molecule has 1 aliphatic heterocycles. The lowest BCUT2D eigenvalue weighted by Gasteiger charge is -2.17. The Morgan fingerprint density at radius 1 is 1.22 bits per heavy atom. The van der Waals surface area contributed by atoms with Crippen molar-refractivity contribution in [3.8, 4) is 5.75 Å². The second kappa shape index (κ2) is 7.58. The van der Waals surface area contributed by atoms with Crippen LogP contribution in [-0.2, 0) is 14.8 Å². The van der Waals surface area contributed by atoms with Crippen LogP contribution in [0.2, 0.25) is 5.02 Å². The van der Waals surface area contributed by atoms with E-state index in [1.54, 1.807) is 24.3 Å². The van der Waals surface area contributed by atoms with Crippen LogP contribution >= 0.6 is 11.6 Å². The van der Waals surface area contributed by atoms with Crippen molar-refractivity contribution >= 4 is 44.8 Å². The maximum Gasteiger partial charge on any atom is 0.255 e. The molecule has 0 unspecified atom stereocenters. The standard InChI is InChI=1S/C18H17ClN2O5S/c1-2-26-14-6-4-13(5-7-14)20-18(23)12-3-8-15(19)16(11-12)21-17(22)9-10-27(21,24)25/h3-8,11H,2,9-10H2,1H3,(H,20,23). The van der Waals surface area contributed by atoms with E-state index in [2.05, 4.69) is 5.32 Å². The first-order valence-electron chi connectivity index (χ1n) is 8.21. The summed E-state index contributed by atoms with van der Waals surface area (Å²) >= 11 is 6.08. The predicted octanol–water partition coefficient (Wildman–Crippen LogP) is 3.06. The molecular weight excluding hydrogens is 392 g/mol. The van der Waals surface area contributed by atoms with Gasteiger partial charge in [0.1, 0.15) is 5.75 Å². The van der Waals surface area contributed by atoms with Gasteiger partial charge in [0.25, 0.3) is 5.91 Å². The summed E-state index contributed by atoms with van der Waals surface area (Å²) in [5, 5.41) is 2.78. The summed E-state index contributed by atoms with van der Waals surface area (Å²) in [7, 11) is -3.77. The van der Waals surface area contributed by atoms with Crippen LogP contribution in [0.15, 0.2) is 42.5 Å². The van der Waals surface area contributed by atoms with E-state index >= 15 is 0 Å². The van der Waals surface area contributed by atoms with Crippen LogP contribution in [0.4, 0.5) is 11.4 Å². The lowest BCUT2D eigenvalue weighted by atomic mass is 10.1. The maximum absolute atomic E-state index is 12.5. The van der Waals surface area contributed by atoms with E-state index in [0.717, 1.165) is 0 Å². The number of halogens is 1. The van der Waals surface area contributed by atoms with Crippen molar-refractivity contribution in [3.63, 3.8) is 0 Å². The van der Waals surface area contributed by atoms with Crippen molar-refractivity contribution in [2.45, 2.75) is 13.3 Å². The van der Waals surface area contributed by atoms with Gasteiger partial charge in [-0.3, -0.25) is 9.59 Å². The number of benzene rings is 2. The van der Waals surface area contributed by atoms with Crippen LogP contribution < -0.4 is 14.4 Å². The number of anilines is 2. The number of sulfonamides is 1. The third-order valence-electron chi connectivity index (χ3n) is 3.93. The SMILES string of the molecule is CCOc1ccc(NC(=O)c2ccc(Cl)c(N3C(=O)CCS3(=O)=O)c2)cc1. The van der Waals surface area contributed by atoms with E-state index in [1.165, 1.54) is 18.2 Å². The molecule has 142 valence electrons. The molecule has 1 saturated heterocycles.